The Labute approximate surface area is 113 Å². The summed E-state index contributed by atoms with van der Waals surface area (Å²) in [4.78, 5) is 4.55. The van der Waals surface area contributed by atoms with Crippen LogP contribution in [0.15, 0.2) is 42.6 Å². The fourth-order valence-electron chi connectivity index (χ4n) is 2.78. The Balaban J connectivity index is 2.15. The van der Waals surface area contributed by atoms with E-state index in [1.54, 1.807) is 0 Å². The van der Waals surface area contributed by atoms with Crippen LogP contribution in [0.3, 0.4) is 0 Å². The summed E-state index contributed by atoms with van der Waals surface area (Å²) in [5, 5.41) is 3.27. The highest BCUT2D eigenvalue weighted by Crippen LogP contribution is 2.44. The summed E-state index contributed by atoms with van der Waals surface area (Å²) in [6, 6.07) is 12.2. The number of likely N-dealkylation sites (N-methyl/N-ethyl adjacent to an activating group) is 1. The van der Waals surface area contributed by atoms with E-state index in [1.807, 2.05) is 37.5 Å². The molecule has 3 nitrogen and oxygen atoms in total. The van der Waals surface area contributed by atoms with Gasteiger partial charge < -0.3 is 10.1 Å². The predicted molar refractivity (Wildman–Crippen MR) is 75.8 cm³/mol. The number of ether oxygens (including phenoxy) is 1. The lowest BCUT2D eigenvalue weighted by Crippen LogP contribution is -2.22. The largest absolute Gasteiger partial charge is 0.455 e. The molecule has 0 unspecified atom stereocenters. The maximum absolute atomic E-state index is 6.06. The highest BCUT2D eigenvalue weighted by molar-refractivity contribution is 5.46. The van der Waals surface area contributed by atoms with Crippen LogP contribution in [0, 0.1) is 0 Å². The van der Waals surface area contributed by atoms with Crippen molar-refractivity contribution in [3.05, 3.63) is 53.9 Å². The normalized spacial score (nSPS) is 20.9. The number of hydrogen-bond donors (Lipinski definition) is 1. The van der Waals surface area contributed by atoms with Crippen LogP contribution in [-0.4, -0.2) is 18.6 Å². The van der Waals surface area contributed by atoms with Crippen LogP contribution in [0.1, 0.15) is 30.0 Å². The molecule has 0 bridgehead atoms. The number of nitrogens with one attached hydrogen (secondary N) is 1. The zero-order chi connectivity index (χ0) is 13.2. The molecule has 0 saturated carbocycles. The van der Waals surface area contributed by atoms with E-state index in [4.69, 9.17) is 4.74 Å². The summed E-state index contributed by atoms with van der Waals surface area (Å²) < 4.78 is 6.06. The zero-order valence-corrected chi connectivity index (χ0v) is 11.3. The number of rotatable bonds is 2. The van der Waals surface area contributed by atoms with Gasteiger partial charge >= 0.3 is 0 Å². The van der Waals surface area contributed by atoms with Gasteiger partial charge in [0.1, 0.15) is 11.5 Å². The minimum Gasteiger partial charge on any atom is -0.455 e. The van der Waals surface area contributed by atoms with Crippen LogP contribution in [0.25, 0.3) is 0 Å². The molecule has 98 valence electrons. The van der Waals surface area contributed by atoms with Gasteiger partial charge in [0, 0.05) is 18.7 Å². The van der Waals surface area contributed by atoms with Gasteiger partial charge in [-0.25, -0.2) is 0 Å². The molecule has 1 aromatic heterocycles. The molecule has 2 heterocycles. The number of para-hydroxylation sites is 1. The number of aromatic nitrogens is 1. The molecule has 0 spiro atoms. The lowest BCUT2D eigenvalue weighted by molar-refractivity contribution is 0.473. The van der Waals surface area contributed by atoms with Crippen molar-refractivity contribution in [2.24, 2.45) is 0 Å². The Morgan fingerprint density at radius 2 is 1.95 bits per heavy atom. The Bertz CT molecular complexity index is 582. The third kappa shape index (κ3) is 2.10. The molecule has 0 saturated heterocycles. The lowest BCUT2D eigenvalue weighted by atomic mass is 9.85. The van der Waals surface area contributed by atoms with Gasteiger partial charge in [0.15, 0.2) is 0 Å². The summed E-state index contributed by atoms with van der Waals surface area (Å²) in [5.41, 5.74) is 2.29. The van der Waals surface area contributed by atoms with Crippen molar-refractivity contribution in [1.29, 1.82) is 0 Å². The number of nitrogens with zero attached hydrogens (tertiary/aromatic N) is 1. The van der Waals surface area contributed by atoms with E-state index in [0.717, 1.165) is 23.7 Å². The SMILES string of the molecule is CNC[C@@H]1c2ncccc2Oc2ccccc2[C@@H]1C. The second kappa shape index (κ2) is 5.02. The summed E-state index contributed by atoms with van der Waals surface area (Å²) in [6.07, 6.45) is 1.84. The Kier molecular flexibility index (Phi) is 3.22. The maximum atomic E-state index is 6.06. The van der Waals surface area contributed by atoms with Gasteiger partial charge in [-0.3, -0.25) is 4.98 Å². The third-order valence-electron chi connectivity index (χ3n) is 3.81. The number of benzene rings is 1. The lowest BCUT2D eigenvalue weighted by Gasteiger charge is -2.21. The van der Waals surface area contributed by atoms with Crippen molar-refractivity contribution in [3.8, 4) is 11.5 Å². The van der Waals surface area contributed by atoms with Gasteiger partial charge in [-0.15, -0.1) is 0 Å². The zero-order valence-electron chi connectivity index (χ0n) is 11.3. The first-order valence-electron chi connectivity index (χ1n) is 6.67. The van der Waals surface area contributed by atoms with Gasteiger partial charge in [0.2, 0.25) is 0 Å². The second-order valence-electron chi connectivity index (χ2n) is 4.98. The van der Waals surface area contributed by atoms with E-state index in [2.05, 4.69) is 29.4 Å². The summed E-state index contributed by atoms with van der Waals surface area (Å²) in [5.74, 6) is 2.52. The van der Waals surface area contributed by atoms with Crippen molar-refractivity contribution in [2.75, 3.05) is 13.6 Å². The fourth-order valence-corrected chi connectivity index (χ4v) is 2.78. The van der Waals surface area contributed by atoms with Gasteiger partial charge in [-0.1, -0.05) is 25.1 Å². The molecule has 0 fully saturated rings. The molecule has 3 heteroatoms. The maximum Gasteiger partial charge on any atom is 0.149 e. The molecule has 0 amide bonds. The van der Waals surface area contributed by atoms with Crippen molar-refractivity contribution >= 4 is 0 Å². The highest BCUT2D eigenvalue weighted by atomic mass is 16.5. The monoisotopic (exact) mass is 254 g/mol. The topological polar surface area (TPSA) is 34.2 Å². The molecular formula is C16H18N2O. The summed E-state index contributed by atoms with van der Waals surface area (Å²) >= 11 is 0. The average molecular weight is 254 g/mol. The molecule has 0 aliphatic carbocycles. The predicted octanol–water partition coefficient (Wildman–Crippen LogP) is 3.29. The number of fused-ring (bicyclic) bond motifs is 2. The fraction of sp³-hybridized carbons (Fsp3) is 0.312. The molecule has 2 aromatic rings. The molecule has 1 aliphatic heterocycles. The van der Waals surface area contributed by atoms with E-state index < -0.39 is 0 Å². The van der Waals surface area contributed by atoms with Crippen molar-refractivity contribution in [2.45, 2.75) is 18.8 Å². The first-order chi connectivity index (χ1) is 9.31. The van der Waals surface area contributed by atoms with Crippen LogP contribution in [-0.2, 0) is 0 Å². The van der Waals surface area contributed by atoms with Crippen molar-refractivity contribution in [3.63, 3.8) is 0 Å². The first kappa shape index (κ1) is 12.2. The van der Waals surface area contributed by atoms with Gasteiger partial charge in [-0.2, -0.15) is 0 Å². The molecule has 3 rings (SSSR count). The van der Waals surface area contributed by atoms with E-state index in [1.165, 1.54) is 5.56 Å². The summed E-state index contributed by atoms with van der Waals surface area (Å²) in [7, 11) is 1.98. The van der Waals surface area contributed by atoms with Crippen LogP contribution >= 0.6 is 0 Å². The quantitative estimate of drug-likeness (QED) is 0.893. The molecular weight excluding hydrogens is 236 g/mol. The van der Waals surface area contributed by atoms with Crippen LogP contribution in [0.5, 0.6) is 11.5 Å². The van der Waals surface area contributed by atoms with Gasteiger partial charge in [0.25, 0.3) is 0 Å². The summed E-state index contributed by atoms with van der Waals surface area (Å²) in [6.45, 7) is 3.14. The Morgan fingerprint density at radius 3 is 2.79 bits per heavy atom. The number of hydrogen-bond acceptors (Lipinski definition) is 3. The van der Waals surface area contributed by atoms with E-state index >= 15 is 0 Å². The van der Waals surface area contributed by atoms with E-state index in [9.17, 15) is 0 Å². The van der Waals surface area contributed by atoms with Crippen LogP contribution < -0.4 is 10.1 Å². The Hall–Kier alpha value is -1.87. The minimum absolute atomic E-state index is 0.324. The average Bonchev–Trinajstić information content (AvgIpc) is 2.56. The van der Waals surface area contributed by atoms with Gasteiger partial charge in [0.05, 0.1) is 5.69 Å². The Morgan fingerprint density at radius 1 is 1.16 bits per heavy atom. The second-order valence-corrected chi connectivity index (χ2v) is 4.98. The van der Waals surface area contributed by atoms with Crippen molar-refractivity contribution < 1.29 is 4.74 Å². The minimum atomic E-state index is 0.324. The molecule has 19 heavy (non-hydrogen) atoms. The molecule has 0 radical (unpaired) electrons. The van der Waals surface area contributed by atoms with Crippen LogP contribution in [0.2, 0.25) is 0 Å². The highest BCUT2D eigenvalue weighted by Gasteiger charge is 2.30. The first-order valence-corrected chi connectivity index (χ1v) is 6.67. The molecule has 1 N–H and O–H groups in total. The smallest absolute Gasteiger partial charge is 0.149 e. The van der Waals surface area contributed by atoms with Gasteiger partial charge in [-0.05, 0) is 36.7 Å². The van der Waals surface area contributed by atoms with Crippen molar-refractivity contribution in [1.82, 2.24) is 10.3 Å². The van der Waals surface area contributed by atoms with E-state index in [-0.39, 0.29) is 0 Å². The third-order valence-corrected chi connectivity index (χ3v) is 3.81. The molecule has 1 aromatic carbocycles. The van der Waals surface area contributed by atoms with Crippen LogP contribution in [0.4, 0.5) is 0 Å². The molecule has 1 aliphatic rings. The standard InChI is InChI=1S/C16H18N2O/c1-11-12-6-3-4-7-14(12)19-15-8-5-9-18-16(15)13(11)10-17-2/h3-9,11,13,17H,10H2,1-2H3/t11-,13-/m0/s1. The number of pyridine rings is 1. The van der Waals surface area contributed by atoms with E-state index in [0.29, 0.717) is 11.8 Å². The molecule has 2 atom stereocenters.